The van der Waals surface area contributed by atoms with Gasteiger partial charge in [-0.2, -0.15) is 0 Å². The summed E-state index contributed by atoms with van der Waals surface area (Å²) in [6.07, 6.45) is 1.04. The van der Waals surface area contributed by atoms with E-state index in [1.807, 2.05) is 27.7 Å². The van der Waals surface area contributed by atoms with E-state index < -0.39 is 0 Å². The van der Waals surface area contributed by atoms with Crippen molar-refractivity contribution in [3.8, 4) is 5.75 Å². The minimum atomic E-state index is -0.0297. The molecular weight excluding hydrogens is 232 g/mol. The van der Waals surface area contributed by atoms with E-state index in [9.17, 15) is 0 Å². The van der Waals surface area contributed by atoms with Gasteiger partial charge in [0, 0.05) is 12.0 Å². The zero-order valence-electron chi connectivity index (χ0n) is 14.6. The molecule has 0 radical (unpaired) electrons. The Bertz CT molecular complexity index is 389. The monoisotopic (exact) mass is 264 g/mol. The first-order valence-electron chi connectivity index (χ1n) is 7.62. The minimum Gasteiger partial charge on any atom is -0.487 e. The van der Waals surface area contributed by atoms with Crippen molar-refractivity contribution in [2.45, 2.75) is 81.3 Å². The van der Waals surface area contributed by atoms with Crippen LogP contribution in [0.25, 0.3) is 0 Å². The number of fused-ring (bicyclic) bond motifs is 1. The smallest absolute Gasteiger partial charge is 0.126 e. The summed E-state index contributed by atoms with van der Waals surface area (Å²) in [5.41, 5.74) is 6.92. The Morgan fingerprint density at radius 3 is 1.63 bits per heavy atom. The van der Waals surface area contributed by atoms with Gasteiger partial charge in [-0.25, -0.2) is 0 Å². The Morgan fingerprint density at radius 2 is 1.16 bits per heavy atom. The van der Waals surface area contributed by atoms with Crippen LogP contribution in [-0.2, 0) is 6.42 Å². The zero-order valence-corrected chi connectivity index (χ0v) is 14.6. The van der Waals surface area contributed by atoms with E-state index in [0.717, 1.165) is 12.2 Å². The van der Waals surface area contributed by atoms with Gasteiger partial charge in [0.1, 0.15) is 11.4 Å². The van der Waals surface area contributed by atoms with Crippen LogP contribution in [-0.4, -0.2) is 5.60 Å². The first kappa shape index (κ1) is 18.0. The van der Waals surface area contributed by atoms with Crippen molar-refractivity contribution in [3.05, 3.63) is 27.8 Å². The van der Waals surface area contributed by atoms with Crippen LogP contribution >= 0.6 is 0 Å². The molecule has 1 heterocycles. The van der Waals surface area contributed by atoms with Crippen molar-refractivity contribution in [2.24, 2.45) is 0 Å². The standard InChI is InChI=1S/C14H20O.2C2H6/c1-8-9(2)11(4)13-12(10(8)3)7-14(5,6)15-13;2*1-2/h7H2,1-6H3;2*1-2H3. The molecule has 19 heavy (non-hydrogen) atoms. The van der Waals surface area contributed by atoms with Crippen molar-refractivity contribution in [2.75, 3.05) is 0 Å². The summed E-state index contributed by atoms with van der Waals surface area (Å²) in [5.74, 6) is 1.14. The second-order valence-electron chi connectivity index (χ2n) is 5.35. The van der Waals surface area contributed by atoms with Crippen LogP contribution in [0, 0.1) is 27.7 Å². The van der Waals surface area contributed by atoms with E-state index in [0.29, 0.717) is 0 Å². The molecule has 1 aromatic rings. The molecule has 0 aromatic heterocycles. The molecule has 0 N–H and O–H groups in total. The van der Waals surface area contributed by atoms with Crippen LogP contribution in [0.3, 0.4) is 0 Å². The van der Waals surface area contributed by atoms with Gasteiger partial charge in [-0.1, -0.05) is 27.7 Å². The van der Waals surface area contributed by atoms with Crippen LogP contribution in [0.1, 0.15) is 69.4 Å². The quantitative estimate of drug-likeness (QED) is 0.585. The molecule has 1 aliphatic rings. The predicted molar refractivity (Wildman–Crippen MR) is 86.5 cm³/mol. The second kappa shape index (κ2) is 6.98. The Hall–Kier alpha value is -0.980. The first-order valence-corrected chi connectivity index (χ1v) is 7.62. The van der Waals surface area contributed by atoms with Gasteiger partial charge in [0.05, 0.1) is 0 Å². The van der Waals surface area contributed by atoms with Gasteiger partial charge in [-0.15, -0.1) is 0 Å². The summed E-state index contributed by atoms with van der Waals surface area (Å²) in [6.45, 7) is 21.1. The molecule has 0 spiro atoms. The van der Waals surface area contributed by atoms with Crippen LogP contribution in [0.15, 0.2) is 0 Å². The fourth-order valence-corrected chi connectivity index (χ4v) is 2.44. The largest absolute Gasteiger partial charge is 0.487 e. The third-order valence-electron chi connectivity index (χ3n) is 3.74. The van der Waals surface area contributed by atoms with E-state index in [1.165, 1.54) is 27.8 Å². The zero-order chi connectivity index (χ0) is 15.4. The van der Waals surface area contributed by atoms with E-state index >= 15 is 0 Å². The highest BCUT2D eigenvalue weighted by molar-refractivity contribution is 5.56. The van der Waals surface area contributed by atoms with Crippen molar-refractivity contribution < 1.29 is 4.74 Å². The highest BCUT2D eigenvalue weighted by atomic mass is 16.5. The molecule has 1 nitrogen and oxygen atoms in total. The van der Waals surface area contributed by atoms with E-state index in [4.69, 9.17) is 4.74 Å². The molecule has 0 aliphatic carbocycles. The number of benzene rings is 1. The number of hydrogen-bond donors (Lipinski definition) is 0. The molecule has 0 bridgehead atoms. The molecule has 2 rings (SSSR count). The normalized spacial score (nSPS) is 14.4. The van der Waals surface area contributed by atoms with E-state index in [1.54, 1.807) is 0 Å². The third kappa shape index (κ3) is 3.52. The molecule has 1 aromatic carbocycles. The van der Waals surface area contributed by atoms with Crippen molar-refractivity contribution in [1.29, 1.82) is 0 Å². The van der Waals surface area contributed by atoms with Gasteiger partial charge in [0.15, 0.2) is 0 Å². The summed E-state index contributed by atoms with van der Waals surface area (Å²) < 4.78 is 6.04. The first-order chi connectivity index (χ1) is 8.83. The second-order valence-corrected chi connectivity index (χ2v) is 5.35. The lowest BCUT2D eigenvalue weighted by Gasteiger charge is -2.18. The highest BCUT2D eigenvalue weighted by Gasteiger charge is 2.33. The Kier molecular flexibility index (Phi) is 6.62. The van der Waals surface area contributed by atoms with Gasteiger partial charge in [-0.3, -0.25) is 0 Å². The van der Waals surface area contributed by atoms with Crippen LogP contribution in [0.4, 0.5) is 0 Å². The molecule has 0 fully saturated rings. The average Bonchev–Trinajstić information content (AvgIpc) is 2.75. The predicted octanol–water partition coefficient (Wildman–Crippen LogP) is 5.69. The van der Waals surface area contributed by atoms with Gasteiger partial charge in [0.25, 0.3) is 0 Å². The van der Waals surface area contributed by atoms with E-state index in [-0.39, 0.29) is 5.60 Å². The van der Waals surface area contributed by atoms with Gasteiger partial charge in [-0.05, 0) is 63.8 Å². The molecule has 1 aliphatic heterocycles. The SMILES string of the molecule is CC.CC.Cc1c(C)c(C)c2c(c1C)CC(C)(C)O2. The van der Waals surface area contributed by atoms with Crippen molar-refractivity contribution >= 4 is 0 Å². The van der Waals surface area contributed by atoms with Crippen molar-refractivity contribution in [3.63, 3.8) is 0 Å². The summed E-state index contributed by atoms with van der Waals surface area (Å²) in [5, 5.41) is 0. The fraction of sp³-hybridized carbons (Fsp3) is 0.667. The molecule has 0 atom stereocenters. The van der Waals surface area contributed by atoms with Crippen LogP contribution < -0.4 is 4.74 Å². The molecule has 0 saturated heterocycles. The van der Waals surface area contributed by atoms with Crippen LogP contribution in [0.5, 0.6) is 5.75 Å². The third-order valence-corrected chi connectivity index (χ3v) is 3.74. The summed E-state index contributed by atoms with van der Waals surface area (Å²) in [6, 6.07) is 0. The minimum absolute atomic E-state index is 0.0297. The molecule has 110 valence electrons. The summed E-state index contributed by atoms with van der Waals surface area (Å²) in [4.78, 5) is 0. The number of rotatable bonds is 0. The highest BCUT2D eigenvalue weighted by Crippen LogP contribution is 2.42. The van der Waals surface area contributed by atoms with Crippen LogP contribution in [0.2, 0.25) is 0 Å². The van der Waals surface area contributed by atoms with Gasteiger partial charge >= 0.3 is 0 Å². The van der Waals surface area contributed by atoms with E-state index in [2.05, 4.69) is 41.5 Å². The lowest BCUT2D eigenvalue weighted by molar-refractivity contribution is 0.137. The summed E-state index contributed by atoms with van der Waals surface area (Å²) >= 11 is 0. The Labute approximate surface area is 120 Å². The molecule has 0 saturated carbocycles. The van der Waals surface area contributed by atoms with Crippen molar-refractivity contribution in [1.82, 2.24) is 0 Å². The maximum absolute atomic E-state index is 6.04. The Balaban J connectivity index is 0.000000741. The fourth-order valence-electron chi connectivity index (χ4n) is 2.44. The molecular formula is C18H32O. The molecule has 0 unspecified atom stereocenters. The number of ether oxygens (including phenoxy) is 1. The summed E-state index contributed by atoms with van der Waals surface area (Å²) in [7, 11) is 0. The lowest BCUT2D eigenvalue weighted by Crippen LogP contribution is -2.24. The molecule has 1 heteroatoms. The Morgan fingerprint density at radius 1 is 0.737 bits per heavy atom. The number of hydrogen-bond acceptors (Lipinski definition) is 1. The van der Waals surface area contributed by atoms with Gasteiger partial charge in [0.2, 0.25) is 0 Å². The lowest BCUT2D eigenvalue weighted by atomic mass is 9.90. The van der Waals surface area contributed by atoms with Gasteiger partial charge < -0.3 is 4.74 Å². The topological polar surface area (TPSA) is 9.23 Å². The maximum atomic E-state index is 6.04. The maximum Gasteiger partial charge on any atom is 0.126 e. The molecule has 0 amide bonds. The average molecular weight is 264 g/mol.